The molecular formula is C23H24N2O4. The minimum absolute atomic E-state index is 0.201. The number of hydrogen-bond donors (Lipinski definition) is 1. The third-order valence-electron chi connectivity index (χ3n) is 6.02. The van der Waals surface area contributed by atoms with Gasteiger partial charge in [0.2, 0.25) is 11.8 Å². The molecule has 2 aliphatic heterocycles. The van der Waals surface area contributed by atoms with E-state index < -0.39 is 29.4 Å². The van der Waals surface area contributed by atoms with Crippen LogP contribution in [0.1, 0.15) is 31.0 Å². The summed E-state index contributed by atoms with van der Waals surface area (Å²) in [5.41, 5.74) is 1.14. The van der Waals surface area contributed by atoms with E-state index in [4.69, 9.17) is 4.74 Å². The second-order valence-electron chi connectivity index (χ2n) is 7.75. The van der Waals surface area contributed by atoms with Crippen LogP contribution in [0.4, 0.5) is 5.69 Å². The number of carbonyl (C=O) groups is 3. The minimum atomic E-state index is -1.29. The van der Waals surface area contributed by atoms with Gasteiger partial charge in [-0.15, -0.1) is 0 Å². The minimum Gasteiger partial charge on any atom is -0.465 e. The first-order chi connectivity index (χ1) is 13.9. The number of benzene rings is 2. The lowest BCUT2D eigenvalue weighted by molar-refractivity contribution is -0.153. The van der Waals surface area contributed by atoms with Crippen molar-refractivity contribution in [1.82, 2.24) is 5.32 Å². The molecule has 0 saturated carbocycles. The Bertz CT molecular complexity index is 974. The maximum Gasteiger partial charge on any atom is 0.326 e. The van der Waals surface area contributed by atoms with Crippen LogP contribution < -0.4 is 10.2 Å². The summed E-state index contributed by atoms with van der Waals surface area (Å²) in [4.78, 5) is 41.0. The average Bonchev–Trinajstić information content (AvgIpc) is 3.17. The molecule has 0 radical (unpaired) electrons. The number of para-hydroxylation sites is 1. The predicted molar refractivity (Wildman–Crippen MR) is 108 cm³/mol. The summed E-state index contributed by atoms with van der Waals surface area (Å²) in [7, 11) is 0. The van der Waals surface area contributed by atoms with Crippen LogP contribution in [0.2, 0.25) is 0 Å². The summed E-state index contributed by atoms with van der Waals surface area (Å²) in [6.45, 7) is 5.56. The lowest BCUT2D eigenvalue weighted by Crippen LogP contribution is -2.54. The van der Waals surface area contributed by atoms with E-state index in [1.165, 1.54) is 4.90 Å². The highest BCUT2D eigenvalue weighted by Crippen LogP contribution is 2.50. The van der Waals surface area contributed by atoms with E-state index in [-0.39, 0.29) is 18.4 Å². The van der Waals surface area contributed by atoms with Gasteiger partial charge >= 0.3 is 5.97 Å². The molecular weight excluding hydrogens is 368 g/mol. The Balaban J connectivity index is 1.84. The average molecular weight is 392 g/mol. The highest BCUT2D eigenvalue weighted by atomic mass is 16.5. The Kier molecular flexibility index (Phi) is 4.74. The number of anilines is 1. The van der Waals surface area contributed by atoms with E-state index >= 15 is 0 Å². The number of fused-ring (bicyclic) bond motifs is 1. The molecule has 2 aromatic rings. The van der Waals surface area contributed by atoms with E-state index in [9.17, 15) is 14.4 Å². The molecule has 6 nitrogen and oxygen atoms in total. The number of aryl methyl sites for hydroxylation is 1. The maximum absolute atomic E-state index is 13.5. The van der Waals surface area contributed by atoms with Crippen LogP contribution >= 0.6 is 0 Å². The molecule has 2 aliphatic rings. The molecule has 2 saturated heterocycles. The van der Waals surface area contributed by atoms with Gasteiger partial charge in [-0.2, -0.15) is 0 Å². The zero-order chi connectivity index (χ0) is 20.8. The van der Waals surface area contributed by atoms with Gasteiger partial charge in [0.1, 0.15) is 5.54 Å². The van der Waals surface area contributed by atoms with E-state index in [0.717, 1.165) is 11.1 Å². The van der Waals surface area contributed by atoms with E-state index in [1.54, 1.807) is 38.1 Å². The van der Waals surface area contributed by atoms with E-state index in [2.05, 4.69) is 5.32 Å². The van der Waals surface area contributed by atoms with Crippen LogP contribution in [0.25, 0.3) is 0 Å². The number of carbonyl (C=O) groups excluding carboxylic acids is 3. The number of nitrogens with one attached hydrogen (secondary N) is 1. The molecule has 6 heteroatoms. The van der Waals surface area contributed by atoms with Crippen LogP contribution in [-0.2, 0) is 19.1 Å². The Hall–Kier alpha value is -2.99. The third-order valence-corrected chi connectivity index (χ3v) is 6.02. The van der Waals surface area contributed by atoms with Crippen molar-refractivity contribution in [3.63, 3.8) is 0 Å². The second kappa shape index (κ2) is 7.12. The number of nitrogens with zero attached hydrogens (tertiary/aromatic N) is 1. The van der Waals surface area contributed by atoms with Crippen LogP contribution in [-0.4, -0.2) is 29.9 Å². The molecule has 29 heavy (non-hydrogen) atoms. The summed E-state index contributed by atoms with van der Waals surface area (Å²) in [5, 5.41) is 3.30. The first-order valence-corrected chi connectivity index (χ1v) is 9.83. The summed E-state index contributed by atoms with van der Waals surface area (Å²) >= 11 is 0. The van der Waals surface area contributed by atoms with Crippen LogP contribution in [0, 0.1) is 18.8 Å². The topological polar surface area (TPSA) is 75.7 Å². The fraction of sp³-hybridized carbons (Fsp3) is 0.348. The quantitative estimate of drug-likeness (QED) is 0.640. The van der Waals surface area contributed by atoms with Gasteiger partial charge in [0.05, 0.1) is 24.1 Å². The molecule has 150 valence electrons. The van der Waals surface area contributed by atoms with Gasteiger partial charge in [0.25, 0.3) is 0 Å². The van der Waals surface area contributed by atoms with Gasteiger partial charge < -0.3 is 4.74 Å². The van der Waals surface area contributed by atoms with Crippen molar-refractivity contribution < 1.29 is 19.1 Å². The Morgan fingerprint density at radius 1 is 1.07 bits per heavy atom. The molecule has 1 N–H and O–H groups in total. The normalized spacial score (nSPS) is 28.5. The third kappa shape index (κ3) is 2.86. The summed E-state index contributed by atoms with van der Waals surface area (Å²) < 4.78 is 5.29. The number of imide groups is 1. The fourth-order valence-corrected chi connectivity index (χ4v) is 4.64. The van der Waals surface area contributed by atoms with Gasteiger partial charge in [0, 0.05) is 6.04 Å². The van der Waals surface area contributed by atoms with Gasteiger partial charge in [0.15, 0.2) is 0 Å². The number of rotatable bonds is 4. The van der Waals surface area contributed by atoms with Crippen LogP contribution in [0.3, 0.4) is 0 Å². The smallest absolute Gasteiger partial charge is 0.326 e. The molecule has 2 amide bonds. The van der Waals surface area contributed by atoms with Crippen molar-refractivity contribution in [2.24, 2.45) is 11.8 Å². The van der Waals surface area contributed by atoms with Crippen molar-refractivity contribution in [3.8, 4) is 0 Å². The second-order valence-corrected chi connectivity index (χ2v) is 7.75. The van der Waals surface area contributed by atoms with Crippen molar-refractivity contribution >= 4 is 23.5 Å². The first kappa shape index (κ1) is 19.3. The number of ether oxygens (including phenoxy) is 1. The van der Waals surface area contributed by atoms with Gasteiger partial charge in [-0.05, 0) is 44.0 Å². The van der Waals surface area contributed by atoms with E-state index in [0.29, 0.717) is 5.69 Å². The van der Waals surface area contributed by atoms with E-state index in [1.807, 2.05) is 37.3 Å². The largest absolute Gasteiger partial charge is 0.465 e. The molecule has 2 aromatic carbocycles. The molecule has 0 aromatic heterocycles. The molecule has 0 bridgehead atoms. The zero-order valence-corrected chi connectivity index (χ0v) is 16.7. The SMILES string of the molecule is CCOC(=O)[C@]1(C)N[C@H](c2ccccc2C)[C@@H]2C(=O)N(c3ccccc3)C(=O)[C@H]21. The molecule has 0 aliphatic carbocycles. The number of esters is 1. The zero-order valence-electron chi connectivity index (χ0n) is 16.7. The Morgan fingerprint density at radius 3 is 2.38 bits per heavy atom. The lowest BCUT2D eigenvalue weighted by atomic mass is 9.80. The van der Waals surface area contributed by atoms with Gasteiger partial charge in [-0.25, -0.2) is 4.90 Å². The van der Waals surface area contributed by atoms with Gasteiger partial charge in [-0.1, -0.05) is 42.5 Å². The number of amides is 2. The standard InChI is InChI=1S/C23H24N2O4/c1-4-29-22(28)23(3)18-17(19(24-23)16-13-9-8-10-14(16)2)20(26)25(21(18)27)15-11-6-5-7-12-15/h5-13,17-19,24H,4H2,1-3H3/t17-,18+,19-,23-/m1/s1. The van der Waals surface area contributed by atoms with Gasteiger partial charge in [-0.3, -0.25) is 19.7 Å². The molecule has 0 unspecified atom stereocenters. The van der Waals surface area contributed by atoms with Crippen LogP contribution in [0.5, 0.6) is 0 Å². The first-order valence-electron chi connectivity index (χ1n) is 9.83. The highest BCUT2D eigenvalue weighted by molar-refractivity contribution is 6.24. The maximum atomic E-state index is 13.5. The summed E-state index contributed by atoms with van der Waals surface area (Å²) in [5.74, 6) is -2.69. The fourth-order valence-electron chi connectivity index (χ4n) is 4.64. The lowest BCUT2D eigenvalue weighted by Gasteiger charge is -2.29. The van der Waals surface area contributed by atoms with Crippen molar-refractivity contribution in [2.75, 3.05) is 11.5 Å². The molecule has 0 spiro atoms. The molecule has 4 atom stereocenters. The molecule has 2 fully saturated rings. The van der Waals surface area contributed by atoms with Crippen molar-refractivity contribution in [3.05, 3.63) is 65.7 Å². The predicted octanol–water partition coefficient (Wildman–Crippen LogP) is 2.77. The summed E-state index contributed by atoms with van der Waals surface area (Å²) in [6.07, 6.45) is 0. The number of hydrogen-bond acceptors (Lipinski definition) is 5. The monoisotopic (exact) mass is 392 g/mol. The molecule has 2 heterocycles. The van der Waals surface area contributed by atoms with Crippen molar-refractivity contribution in [2.45, 2.75) is 32.4 Å². The van der Waals surface area contributed by atoms with Crippen LogP contribution in [0.15, 0.2) is 54.6 Å². The van der Waals surface area contributed by atoms with Crippen molar-refractivity contribution in [1.29, 1.82) is 0 Å². The highest BCUT2D eigenvalue weighted by Gasteiger charge is 2.67. The molecule has 4 rings (SSSR count). The summed E-state index contributed by atoms with van der Waals surface area (Å²) in [6, 6.07) is 16.1. The Labute approximate surface area is 169 Å². The Morgan fingerprint density at radius 2 is 1.72 bits per heavy atom.